The Bertz CT molecular complexity index is 549. The summed E-state index contributed by atoms with van der Waals surface area (Å²) in [5.74, 6) is -0.802. The summed E-state index contributed by atoms with van der Waals surface area (Å²) in [5, 5.41) is 9.72. The van der Waals surface area contributed by atoms with Crippen LogP contribution < -0.4 is 4.74 Å². The van der Waals surface area contributed by atoms with Crippen LogP contribution >= 0.6 is 11.6 Å². The number of benzene rings is 1. The fraction of sp³-hybridized carbons (Fsp3) is 0.500. The summed E-state index contributed by atoms with van der Waals surface area (Å²) in [6.07, 6.45) is 1.86. The van der Waals surface area contributed by atoms with E-state index < -0.39 is 18.1 Å². The third-order valence-electron chi connectivity index (χ3n) is 3.82. The molecule has 2 rings (SSSR count). The van der Waals surface area contributed by atoms with Gasteiger partial charge < -0.3 is 14.7 Å². The largest absolute Gasteiger partial charge is 0.480 e. The number of carbonyl (C=O) groups excluding carboxylic acids is 1. The smallest absolute Gasteiger partial charge is 0.326 e. The summed E-state index contributed by atoms with van der Waals surface area (Å²) in [6.45, 7) is 2.29. The lowest BCUT2D eigenvalue weighted by Gasteiger charge is -2.35. The number of halogens is 1. The van der Waals surface area contributed by atoms with Crippen molar-refractivity contribution in [2.75, 3.05) is 6.54 Å². The van der Waals surface area contributed by atoms with Gasteiger partial charge >= 0.3 is 5.97 Å². The average Bonchev–Trinajstić information content (AvgIpc) is 2.53. The second kappa shape index (κ2) is 7.49. The Kier molecular flexibility index (Phi) is 5.66. The fourth-order valence-electron chi connectivity index (χ4n) is 2.64. The normalized spacial score (nSPS) is 19.5. The summed E-state index contributed by atoms with van der Waals surface area (Å²) in [6, 6.07) is 6.19. The van der Waals surface area contributed by atoms with E-state index in [1.165, 1.54) is 4.90 Å². The van der Waals surface area contributed by atoms with Crippen molar-refractivity contribution in [3.63, 3.8) is 0 Å². The second-order valence-electron chi connectivity index (χ2n) is 5.33. The van der Waals surface area contributed by atoms with E-state index in [-0.39, 0.29) is 5.91 Å². The first-order valence-electron chi connectivity index (χ1n) is 7.49. The highest BCUT2D eigenvalue weighted by Gasteiger charge is 2.35. The van der Waals surface area contributed by atoms with Crippen LogP contribution in [0.2, 0.25) is 5.02 Å². The first-order valence-corrected chi connectivity index (χ1v) is 7.86. The van der Waals surface area contributed by atoms with Crippen LogP contribution in [-0.2, 0) is 9.59 Å². The minimum atomic E-state index is -0.958. The molecule has 1 saturated heterocycles. The molecule has 1 aliphatic heterocycles. The Labute approximate surface area is 134 Å². The number of amides is 1. The van der Waals surface area contributed by atoms with Crippen molar-refractivity contribution in [1.29, 1.82) is 0 Å². The minimum Gasteiger partial charge on any atom is -0.480 e. The number of hydrogen-bond acceptors (Lipinski definition) is 3. The zero-order valence-electron chi connectivity index (χ0n) is 12.5. The molecule has 1 N–H and O–H groups in total. The predicted molar refractivity (Wildman–Crippen MR) is 83.1 cm³/mol. The van der Waals surface area contributed by atoms with Gasteiger partial charge in [-0.05, 0) is 37.8 Å². The summed E-state index contributed by atoms with van der Waals surface area (Å²) >= 11 is 6.05. The number of para-hydroxylation sites is 1. The molecule has 120 valence electrons. The quantitative estimate of drug-likeness (QED) is 0.903. The molecule has 1 aromatic rings. The summed E-state index contributed by atoms with van der Waals surface area (Å²) < 4.78 is 5.72. The van der Waals surface area contributed by atoms with Crippen LogP contribution in [0.15, 0.2) is 24.3 Å². The van der Waals surface area contributed by atoms with Gasteiger partial charge in [0.25, 0.3) is 5.91 Å². The van der Waals surface area contributed by atoms with Crippen molar-refractivity contribution >= 4 is 23.5 Å². The molecule has 5 nitrogen and oxygen atoms in total. The Morgan fingerprint density at radius 3 is 2.77 bits per heavy atom. The number of aliphatic carboxylic acids is 1. The van der Waals surface area contributed by atoms with Crippen LogP contribution in [0.25, 0.3) is 0 Å². The molecule has 22 heavy (non-hydrogen) atoms. The van der Waals surface area contributed by atoms with Crippen molar-refractivity contribution in [3.05, 3.63) is 29.3 Å². The zero-order valence-corrected chi connectivity index (χ0v) is 13.3. The highest BCUT2D eigenvalue weighted by Crippen LogP contribution is 2.26. The van der Waals surface area contributed by atoms with Gasteiger partial charge in [-0.15, -0.1) is 0 Å². The van der Waals surface area contributed by atoms with Crippen LogP contribution in [0, 0.1) is 0 Å². The number of ether oxygens (including phenoxy) is 1. The third kappa shape index (κ3) is 3.71. The SMILES string of the molecule is CCC(Oc1ccccc1Cl)C(=O)N1CCCCC1C(=O)O. The van der Waals surface area contributed by atoms with Crippen LogP contribution in [0.1, 0.15) is 32.6 Å². The van der Waals surface area contributed by atoms with Crippen molar-refractivity contribution < 1.29 is 19.4 Å². The van der Waals surface area contributed by atoms with Gasteiger partial charge in [0, 0.05) is 6.54 Å². The molecule has 0 aromatic heterocycles. The second-order valence-corrected chi connectivity index (χ2v) is 5.73. The highest BCUT2D eigenvalue weighted by atomic mass is 35.5. The number of nitrogens with zero attached hydrogens (tertiary/aromatic N) is 1. The first kappa shape index (κ1) is 16.6. The third-order valence-corrected chi connectivity index (χ3v) is 4.14. The van der Waals surface area contributed by atoms with E-state index in [1.807, 2.05) is 6.92 Å². The molecule has 2 unspecified atom stereocenters. The Morgan fingerprint density at radius 2 is 2.14 bits per heavy atom. The molecular formula is C16H20ClNO4. The van der Waals surface area contributed by atoms with E-state index in [9.17, 15) is 14.7 Å². The number of piperidine rings is 1. The molecule has 0 saturated carbocycles. The number of carbonyl (C=O) groups is 2. The minimum absolute atomic E-state index is 0.283. The monoisotopic (exact) mass is 325 g/mol. The fourth-order valence-corrected chi connectivity index (χ4v) is 2.82. The molecule has 0 bridgehead atoms. The van der Waals surface area contributed by atoms with E-state index >= 15 is 0 Å². The first-order chi connectivity index (χ1) is 10.5. The van der Waals surface area contributed by atoms with Gasteiger partial charge in [0.05, 0.1) is 5.02 Å². The number of rotatable bonds is 5. The van der Waals surface area contributed by atoms with E-state index in [0.717, 1.165) is 12.8 Å². The molecule has 1 heterocycles. The van der Waals surface area contributed by atoms with E-state index in [4.69, 9.17) is 16.3 Å². The van der Waals surface area contributed by atoms with Crippen LogP contribution in [0.3, 0.4) is 0 Å². The van der Waals surface area contributed by atoms with Gasteiger partial charge in [-0.1, -0.05) is 30.7 Å². The Morgan fingerprint density at radius 1 is 1.41 bits per heavy atom. The maximum atomic E-state index is 12.7. The van der Waals surface area contributed by atoms with E-state index in [0.29, 0.717) is 30.2 Å². The van der Waals surface area contributed by atoms with Gasteiger partial charge in [0.15, 0.2) is 6.10 Å². The number of likely N-dealkylation sites (tertiary alicyclic amines) is 1. The van der Waals surface area contributed by atoms with Crippen LogP contribution in [0.4, 0.5) is 0 Å². The molecule has 1 amide bonds. The summed E-state index contributed by atoms with van der Waals surface area (Å²) in [5.41, 5.74) is 0. The molecule has 2 atom stereocenters. The molecule has 6 heteroatoms. The lowest BCUT2D eigenvalue weighted by molar-refractivity contribution is -0.155. The Hall–Kier alpha value is -1.75. The Balaban J connectivity index is 2.14. The highest BCUT2D eigenvalue weighted by molar-refractivity contribution is 6.32. The lowest BCUT2D eigenvalue weighted by Crippen LogP contribution is -2.52. The number of hydrogen-bond donors (Lipinski definition) is 1. The summed E-state index contributed by atoms with van der Waals surface area (Å²) in [7, 11) is 0. The van der Waals surface area contributed by atoms with Gasteiger partial charge in [0.1, 0.15) is 11.8 Å². The van der Waals surface area contributed by atoms with E-state index in [1.54, 1.807) is 24.3 Å². The molecule has 1 aliphatic rings. The lowest BCUT2D eigenvalue weighted by atomic mass is 10.0. The van der Waals surface area contributed by atoms with Crippen molar-refractivity contribution in [2.24, 2.45) is 0 Å². The van der Waals surface area contributed by atoms with Gasteiger partial charge in [-0.3, -0.25) is 4.79 Å². The van der Waals surface area contributed by atoms with Crippen molar-refractivity contribution in [1.82, 2.24) is 4.90 Å². The molecule has 1 fully saturated rings. The number of carboxylic acids is 1. The van der Waals surface area contributed by atoms with Gasteiger partial charge in [-0.25, -0.2) is 4.79 Å². The molecule has 0 aliphatic carbocycles. The van der Waals surface area contributed by atoms with Gasteiger partial charge in [-0.2, -0.15) is 0 Å². The maximum absolute atomic E-state index is 12.7. The van der Waals surface area contributed by atoms with Crippen molar-refractivity contribution in [3.8, 4) is 5.75 Å². The van der Waals surface area contributed by atoms with Crippen molar-refractivity contribution in [2.45, 2.75) is 44.8 Å². The van der Waals surface area contributed by atoms with Crippen LogP contribution in [-0.4, -0.2) is 40.6 Å². The summed E-state index contributed by atoms with van der Waals surface area (Å²) in [4.78, 5) is 25.4. The zero-order chi connectivity index (χ0) is 16.1. The predicted octanol–water partition coefficient (Wildman–Crippen LogP) is 2.96. The van der Waals surface area contributed by atoms with E-state index in [2.05, 4.69) is 0 Å². The molecule has 0 radical (unpaired) electrons. The van der Waals surface area contributed by atoms with Gasteiger partial charge in [0.2, 0.25) is 0 Å². The molecular weight excluding hydrogens is 306 g/mol. The molecule has 0 spiro atoms. The topological polar surface area (TPSA) is 66.8 Å². The average molecular weight is 326 g/mol. The number of carboxylic acid groups (broad SMARTS) is 1. The standard InChI is InChI=1S/C16H20ClNO4/c1-2-13(22-14-9-4-3-7-11(14)17)15(19)18-10-6-5-8-12(18)16(20)21/h3-4,7,9,12-13H,2,5-6,8,10H2,1H3,(H,20,21). The molecule has 1 aromatic carbocycles. The van der Waals surface area contributed by atoms with Crippen LogP contribution in [0.5, 0.6) is 5.75 Å². The maximum Gasteiger partial charge on any atom is 0.326 e.